The van der Waals surface area contributed by atoms with Crippen LogP contribution in [-0.4, -0.2) is 39.4 Å². The molecule has 3 rings (SSSR count). The van der Waals surface area contributed by atoms with Gasteiger partial charge in [0.25, 0.3) is 5.56 Å². The van der Waals surface area contributed by atoms with E-state index in [4.69, 9.17) is 5.73 Å². The molecule has 2 aromatic heterocycles. The molecule has 8 heteroatoms. The van der Waals surface area contributed by atoms with Gasteiger partial charge in [-0.1, -0.05) is 6.92 Å². The molecule has 1 saturated heterocycles. The van der Waals surface area contributed by atoms with Crippen molar-refractivity contribution in [2.45, 2.75) is 32.7 Å². The van der Waals surface area contributed by atoms with Gasteiger partial charge in [0.1, 0.15) is 11.4 Å². The largest absolute Gasteiger partial charge is 0.369 e. The summed E-state index contributed by atoms with van der Waals surface area (Å²) in [5.41, 5.74) is 5.14. The number of piperidine rings is 1. The van der Waals surface area contributed by atoms with Gasteiger partial charge >= 0.3 is 0 Å². The molecule has 3 heterocycles. The Bertz CT molecular complexity index is 841. The Kier molecular flexibility index (Phi) is 4.66. The average Bonchev–Trinajstić information content (AvgIpc) is 3.01. The molecule has 0 spiro atoms. The number of hydrogen-bond donors (Lipinski definition) is 1. The first-order chi connectivity index (χ1) is 11.5. The van der Waals surface area contributed by atoms with Crippen LogP contribution in [-0.2, 0) is 22.6 Å². The van der Waals surface area contributed by atoms with Crippen LogP contribution in [0.3, 0.4) is 0 Å². The van der Waals surface area contributed by atoms with Gasteiger partial charge in [0.05, 0.1) is 17.6 Å². The number of hydrogen-bond acceptors (Lipinski definition) is 5. The fraction of sp³-hybridized carbons (Fsp3) is 0.500. The normalized spacial score (nSPS) is 18.0. The van der Waals surface area contributed by atoms with Crippen LogP contribution < -0.4 is 11.3 Å². The number of carbonyl (C=O) groups excluding carboxylic acids is 2. The van der Waals surface area contributed by atoms with Gasteiger partial charge in [0.2, 0.25) is 11.8 Å². The van der Waals surface area contributed by atoms with Crippen molar-refractivity contribution in [1.82, 2.24) is 14.5 Å². The number of primary amides is 1. The van der Waals surface area contributed by atoms with Gasteiger partial charge in [0, 0.05) is 18.0 Å². The number of thiophene rings is 1. The van der Waals surface area contributed by atoms with Crippen molar-refractivity contribution in [2.24, 2.45) is 11.7 Å². The van der Waals surface area contributed by atoms with Gasteiger partial charge in [-0.3, -0.25) is 19.0 Å². The molecule has 0 saturated carbocycles. The summed E-state index contributed by atoms with van der Waals surface area (Å²) in [7, 11) is 0. The Morgan fingerprint density at radius 3 is 2.96 bits per heavy atom. The van der Waals surface area contributed by atoms with Crippen LogP contribution in [0, 0.1) is 5.92 Å². The van der Waals surface area contributed by atoms with Crippen molar-refractivity contribution in [3.05, 3.63) is 27.6 Å². The Balaban J connectivity index is 1.79. The van der Waals surface area contributed by atoms with E-state index in [1.807, 2.05) is 13.0 Å². The van der Waals surface area contributed by atoms with Gasteiger partial charge in [-0.25, -0.2) is 4.98 Å². The van der Waals surface area contributed by atoms with Crippen molar-refractivity contribution in [1.29, 1.82) is 0 Å². The fourth-order valence-corrected chi connectivity index (χ4v) is 3.90. The maximum atomic E-state index is 12.5. The van der Waals surface area contributed by atoms with Gasteiger partial charge in [-0.15, -0.1) is 11.3 Å². The molecule has 1 atom stereocenters. The number of likely N-dealkylation sites (tertiary alicyclic amines) is 1. The summed E-state index contributed by atoms with van der Waals surface area (Å²) in [6.07, 6.45) is 3.73. The number of nitrogens with two attached hydrogens (primary N) is 1. The standard InChI is InChI=1S/C16H20N4O3S/c1-2-11-6-12-15(24-11)18-9-20(16(12)23)8-13(21)19-5-3-4-10(7-19)14(17)22/h6,9-10H,2-5,7-8H2,1H3,(H2,17,22)/t10-/m1/s1. The molecular weight excluding hydrogens is 328 g/mol. The summed E-state index contributed by atoms with van der Waals surface area (Å²) in [5.74, 6) is -0.864. The zero-order valence-corrected chi connectivity index (χ0v) is 14.3. The highest BCUT2D eigenvalue weighted by molar-refractivity contribution is 7.18. The molecule has 1 aliphatic heterocycles. The lowest BCUT2D eigenvalue weighted by Crippen LogP contribution is -2.45. The number of rotatable bonds is 4. The molecule has 2 N–H and O–H groups in total. The maximum absolute atomic E-state index is 12.5. The second-order valence-corrected chi connectivity index (χ2v) is 7.16. The Morgan fingerprint density at radius 1 is 1.46 bits per heavy atom. The quantitative estimate of drug-likeness (QED) is 0.881. The zero-order chi connectivity index (χ0) is 17.3. The second-order valence-electron chi connectivity index (χ2n) is 6.04. The minimum atomic E-state index is -0.377. The highest BCUT2D eigenvalue weighted by atomic mass is 32.1. The Hall–Kier alpha value is -2.22. The van der Waals surface area contributed by atoms with Crippen LogP contribution in [0.4, 0.5) is 0 Å². The summed E-state index contributed by atoms with van der Waals surface area (Å²) >= 11 is 1.50. The minimum Gasteiger partial charge on any atom is -0.369 e. The van der Waals surface area contributed by atoms with Crippen molar-refractivity contribution in [2.75, 3.05) is 13.1 Å². The molecule has 0 unspecified atom stereocenters. The van der Waals surface area contributed by atoms with E-state index < -0.39 is 0 Å². The van der Waals surface area contributed by atoms with E-state index in [0.717, 1.165) is 17.7 Å². The molecule has 0 aliphatic carbocycles. The summed E-state index contributed by atoms with van der Waals surface area (Å²) in [5, 5.41) is 0.556. The molecule has 24 heavy (non-hydrogen) atoms. The molecule has 1 fully saturated rings. The second kappa shape index (κ2) is 6.72. The van der Waals surface area contributed by atoms with E-state index in [2.05, 4.69) is 4.98 Å². The lowest BCUT2D eigenvalue weighted by atomic mass is 9.97. The SMILES string of the molecule is CCc1cc2c(=O)n(CC(=O)N3CCC[C@@H](C(N)=O)C3)cnc2s1. The van der Waals surface area contributed by atoms with Crippen LogP contribution in [0.2, 0.25) is 0 Å². The van der Waals surface area contributed by atoms with E-state index in [1.165, 1.54) is 22.2 Å². The first-order valence-corrected chi connectivity index (χ1v) is 8.86. The van der Waals surface area contributed by atoms with E-state index in [1.54, 1.807) is 4.90 Å². The molecule has 0 radical (unpaired) electrons. The molecule has 2 aromatic rings. The lowest BCUT2D eigenvalue weighted by Gasteiger charge is -2.31. The minimum absolute atomic E-state index is 0.0649. The van der Waals surface area contributed by atoms with E-state index in [9.17, 15) is 14.4 Å². The summed E-state index contributed by atoms with van der Waals surface area (Å²) < 4.78 is 1.34. The van der Waals surface area contributed by atoms with Crippen molar-refractivity contribution < 1.29 is 9.59 Å². The first-order valence-electron chi connectivity index (χ1n) is 8.04. The lowest BCUT2D eigenvalue weighted by molar-refractivity contribution is -0.135. The average molecular weight is 348 g/mol. The molecule has 128 valence electrons. The highest BCUT2D eigenvalue weighted by Crippen LogP contribution is 2.21. The van der Waals surface area contributed by atoms with Crippen LogP contribution in [0.25, 0.3) is 10.2 Å². The molecule has 7 nitrogen and oxygen atoms in total. The number of nitrogens with zero attached hydrogens (tertiary/aromatic N) is 3. The summed E-state index contributed by atoms with van der Waals surface area (Å²) in [6, 6.07) is 1.85. The predicted octanol–water partition coefficient (Wildman–Crippen LogP) is 0.744. The van der Waals surface area contributed by atoms with Crippen LogP contribution in [0.1, 0.15) is 24.6 Å². The van der Waals surface area contributed by atoms with E-state index >= 15 is 0 Å². The zero-order valence-electron chi connectivity index (χ0n) is 13.5. The summed E-state index contributed by atoms with van der Waals surface area (Å²) in [6.45, 7) is 2.88. The van der Waals surface area contributed by atoms with E-state index in [0.29, 0.717) is 29.7 Å². The van der Waals surface area contributed by atoms with Gasteiger partial charge < -0.3 is 10.6 Å². The molecule has 0 bridgehead atoms. The predicted molar refractivity (Wildman–Crippen MR) is 91.8 cm³/mol. The third-order valence-electron chi connectivity index (χ3n) is 4.40. The van der Waals surface area contributed by atoms with Crippen molar-refractivity contribution in [3.8, 4) is 0 Å². The summed E-state index contributed by atoms with van der Waals surface area (Å²) in [4.78, 5) is 44.0. The monoisotopic (exact) mass is 348 g/mol. The van der Waals surface area contributed by atoms with Gasteiger partial charge in [-0.2, -0.15) is 0 Å². The molecule has 0 aromatic carbocycles. The Morgan fingerprint density at radius 2 is 2.25 bits per heavy atom. The fourth-order valence-electron chi connectivity index (χ4n) is 2.98. The number of amides is 2. The number of fused-ring (bicyclic) bond motifs is 1. The first kappa shape index (κ1) is 16.6. The molecule has 1 aliphatic rings. The van der Waals surface area contributed by atoms with Crippen LogP contribution >= 0.6 is 11.3 Å². The highest BCUT2D eigenvalue weighted by Gasteiger charge is 2.27. The molecular formula is C16H20N4O3S. The smallest absolute Gasteiger partial charge is 0.262 e. The number of carbonyl (C=O) groups is 2. The third-order valence-corrected chi connectivity index (χ3v) is 5.59. The topological polar surface area (TPSA) is 98.3 Å². The van der Waals surface area contributed by atoms with Crippen molar-refractivity contribution in [3.63, 3.8) is 0 Å². The van der Waals surface area contributed by atoms with Crippen LogP contribution in [0.15, 0.2) is 17.2 Å². The molecule has 2 amide bonds. The van der Waals surface area contributed by atoms with Crippen LogP contribution in [0.5, 0.6) is 0 Å². The van der Waals surface area contributed by atoms with Crippen molar-refractivity contribution >= 4 is 33.4 Å². The van der Waals surface area contributed by atoms with E-state index in [-0.39, 0.29) is 29.8 Å². The van der Waals surface area contributed by atoms with Gasteiger partial charge in [0.15, 0.2) is 0 Å². The number of aryl methyl sites for hydroxylation is 1. The Labute approximate surface area is 143 Å². The number of aromatic nitrogens is 2. The third kappa shape index (κ3) is 3.19. The van der Waals surface area contributed by atoms with Gasteiger partial charge in [-0.05, 0) is 25.3 Å². The maximum Gasteiger partial charge on any atom is 0.262 e.